The first-order valence-electron chi connectivity index (χ1n) is 3.01. The lowest BCUT2D eigenvalue weighted by molar-refractivity contribution is 0.0691. The number of nitrogens with two attached hydrogens (primary N) is 1. The van der Waals surface area contributed by atoms with Crippen LogP contribution in [-0.2, 0) is 0 Å². The van der Waals surface area contributed by atoms with Crippen molar-refractivity contribution in [2.75, 3.05) is 5.73 Å². The zero-order chi connectivity index (χ0) is 9.30. The summed E-state index contributed by atoms with van der Waals surface area (Å²) >= 11 is 0. The monoisotopic (exact) mass is 173 g/mol. The summed E-state index contributed by atoms with van der Waals surface area (Å²) in [6.45, 7) is 0. The van der Waals surface area contributed by atoms with Crippen LogP contribution >= 0.6 is 0 Å². The fourth-order valence-corrected chi connectivity index (χ4v) is 0.730. The Labute approximate surface area is 66.4 Å². The summed E-state index contributed by atoms with van der Waals surface area (Å²) in [6.07, 6.45) is 0. The van der Waals surface area contributed by atoms with Gasteiger partial charge in [-0.1, -0.05) is 0 Å². The molecular formula is C7H5F2NO2. The second-order valence-electron chi connectivity index (χ2n) is 2.14. The van der Waals surface area contributed by atoms with Crippen LogP contribution in [0.15, 0.2) is 12.1 Å². The Hall–Kier alpha value is -1.65. The van der Waals surface area contributed by atoms with Gasteiger partial charge in [-0.3, -0.25) is 0 Å². The van der Waals surface area contributed by atoms with Crippen molar-refractivity contribution in [2.45, 2.75) is 0 Å². The topological polar surface area (TPSA) is 63.3 Å². The Balaban J connectivity index is 3.36. The maximum atomic E-state index is 12.7. The van der Waals surface area contributed by atoms with Gasteiger partial charge in [-0.05, 0) is 12.1 Å². The number of hydrogen-bond acceptors (Lipinski definition) is 2. The molecule has 0 unspecified atom stereocenters. The van der Waals surface area contributed by atoms with Gasteiger partial charge < -0.3 is 10.8 Å². The van der Waals surface area contributed by atoms with E-state index in [1.807, 2.05) is 0 Å². The molecule has 0 aliphatic carbocycles. The van der Waals surface area contributed by atoms with Crippen LogP contribution in [0.25, 0.3) is 0 Å². The molecule has 0 saturated carbocycles. The van der Waals surface area contributed by atoms with Gasteiger partial charge in [0.25, 0.3) is 0 Å². The van der Waals surface area contributed by atoms with E-state index in [4.69, 9.17) is 10.8 Å². The summed E-state index contributed by atoms with van der Waals surface area (Å²) in [5.74, 6) is -4.27. The zero-order valence-corrected chi connectivity index (χ0v) is 5.84. The van der Waals surface area contributed by atoms with Crippen molar-refractivity contribution in [3.05, 3.63) is 29.3 Å². The van der Waals surface area contributed by atoms with Crippen molar-refractivity contribution >= 4 is 11.7 Å². The second kappa shape index (κ2) is 2.77. The van der Waals surface area contributed by atoms with Crippen molar-refractivity contribution < 1.29 is 18.7 Å². The second-order valence-corrected chi connectivity index (χ2v) is 2.14. The summed E-state index contributed by atoms with van der Waals surface area (Å²) in [4.78, 5) is 10.2. The number of aromatic carboxylic acids is 1. The normalized spacial score (nSPS) is 9.83. The summed E-state index contributed by atoms with van der Waals surface area (Å²) in [7, 11) is 0. The van der Waals surface area contributed by atoms with E-state index < -0.39 is 28.9 Å². The number of rotatable bonds is 1. The van der Waals surface area contributed by atoms with Crippen LogP contribution in [-0.4, -0.2) is 11.1 Å². The highest BCUT2D eigenvalue weighted by molar-refractivity contribution is 5.88. The fraction of sp³-hybridized carbons (Fsp3) is 0. The van der Waals surface area contributed by atoms with E-state index >= 15 is 0 Å². The van der Waals surface area contributed by atoms with Crippen molar-refractivity contribution in [1.29, 1.82) is 0 Å². The van der Waals surface area contributed by atoms with Crippen LogP contribution in [0.4, 0.5) is 14.5 Å². The SMILES string of the molecule is Nc1ccc(C(=O)O)c(F)c1F. The molecule has 0 atom stereocenters. The molecule has 0 aliphatic heterocycles. The first-order chi connectivity index (χ1) is 5.54. The fourth-order valence-electron chi connectivity index (χ4n) is 0.730. The lowest BCUT2D eigenvalue weighted by Gasteiger charge is -2.00. The van der Waals surface area contributed by atoms with Gasteiger partial charge in [0.15, 0.2) is 11.6 Å². The molecule has 0 radical (unpaired) electrons. The highest BCUT2D eigenvalue weighted by atomic mass is 19.2. The molecule has 64 valence electrons. The van der Waals surface area contributed by atoms with Gasteiger partial charge in [0.2, 0.25) is 0 Å². The van der Waals surface area contributed by atoms with Crippen molar-refractivity contribution in [1.82, 2.24) is 0 Å². The molecule has 0 aromatic heterocycles. The van der Waals surface area contributed by atoms with Gasteiger partial charge in [-0.25, -0.2) is 13.6 Å². The Morgan fingerprint density at radius 3 is 2.42 bits per heavy atom. The number of benzene rings is 1. The molecule has 0 aliphatic rings. The van der Waals surface area contributed by atoms with Gasteiger partial charge in [0.1, 0.15) is 0 Å². The molecule has 12 heavy (non-hydrogen) atoms. The number of anilines is 1. The minimum absolute atomic E-state index is 0.405. The minimum Gasteiger partial charge on any atom is -0.478 e. The van der Waals surface area contributed by atoms with Gasteiger partial charge >= 0.3 is 5.97 Å². The van der Waals surface area contributed by atoms with Crippen LogP contribution in [0.2, 0.25) is 0 Å². The van der Waals surface area contributed by atoms with Crippen LogP contribution in [0.3, 0.4) is 0 Å². The molecule has 0 bridgehead atoms. The maximum Gasteiger partial charge on any atom is 0.338 e. The Kier molecular flexibility index (Phi) is 1.95. The number of nitrogen functional groups attached to an aromatic ring is 1. The third-order valence-corrected chi connectivity index (χ3v) is 1.34. The predicted molar refractivity (Wildman–Crippen MR) is 37.7 cm³/mol. The largest absolute Gasteiger partial charge is 0.478 e. The standard InChI is InChI=1S/C7H5F2NO2/c8-5-3(7(11)12)1-2-4(10)6(5)9/h1-2H,10H2,(H,11,12). The molecule has 3 N–H and O–H groups in total. The Bertz CT molecular complexity index is 338. The lowest BCUT2D eigenvalue weighted by atomic mass is 10.2. The third kappa shape index (κ3) is 1.20. The molecule has 0 saturated heterocycles. The van der Waals surface area contributed by atoms with Crippen LogP contribution < -0.4 is 5.73 Å². The van der Waals surface area contributed by atoms with Gasteiger partial charge in [-0.15, -0.1) is 0 Å². The molecule has 5 heteroatoms. The molecule has 1 aromatic carbocycles. The van der Waals surface area contributed by atoms with E-state index in [1.54, 1.807) is 0 Å². The van der Waals surface area contributed by atoms with Crippen molar-refractivity contribution in [2.24, 2.45) is 0 Å². The van der Waals surface area contributed by atoms with Crippen molar-refractivity contribution in [3.8, 4) is 0 Å². The highest BCUT2D eigenvalue weighted by Gasteiger charge is 2.15. The molecule has 1 aromatic rings. The van der Waals surface area contributed by atoms with E-state index in [2.05, 4.69) is 0 Å². The van der Waals surface area contributed by atoms with Crippen LogP contribution in [0.1, 0.15) is 10.4 Å². The Morgan fingerprint density at radius 1 is 1.33 bits per heavy atom. The summed E-state index contributed by atoms with van der Waals surface area (Å²) in [6, 6.07) is 1.91. The first-order valence-corrected chi connectivity index (χ1v) is 3.01. The molecule has 0 spiro atoms. The van der Waals surface area contributed by atoms with Crippen LogP contribution in [0, 0.1) is 11.6 Å². The molecule has 0 amide bonds. The molecule has 3 nitrogen and oxygen atoms in total. The number of carboxylic acid groups (broad SMARTS) is 1. The Morgan fingerprint density at radius 2 is 1.92 bits per heavy atom. The van der Waals surface area contributed by atoms with E-state index in [-0.39, 0.29) is 0 Å². The number of carboxylic acids is 1. The first kappa shape index (κ1) is 8.45. The summed E-state index contributed by atoms with van der Waals surface area (Å²) < 4.78 is 25.3. The smallest absolute Gasteiger partial charge is 0.338 e. The van der Waals surface area contributed by atoms with E-state index in [9.17, 15) is 13.6 Å². The average molecular weight is 173 g/mol. The molecule has 0 fully saturated rings. The van der Waals surface area contributed by atoms with Gasteiger partial charge in [-0.2, -0.15) is 0 Å². The van der Waals surface area contributed by atoms with E-state index in [1.165, 1.54) is 0 Å². The number of carbonyl (C=O) groups is 1. The molecular weight excluding hydrogens is 168 g/mol. The third-order valence-electron chi connectivity index (χ3n) is 1.34. The number of hydrogen-bond donors (Lipinski definition) is 2. The predicted octanol–water partition coefficient (Wildman–Crippen LogP) is 1.25. The van der Waals surface area contributed by atoms with Gasteiger partial charge in [0.05, 0.1) is 11.3 Å². The summed E-state index contributed by atoms with van der Waals surface area (Å²) in [5, 5.41) is 8.33. The molecule has 0 heterocycles. The maximum absolute atomic E-state index is 12.7. The lowest BCUT2D eigenvalue weighted by Crippen LogP contribution is -2.04. The number of halogens is 2. The zero-order valence-electron chi connectivity index (χ0n) is 5.84. The minimum atomic E-state index is -1.52. The van der Waals surface area contributed by atoms with Crippen molar-refractivity contribution in [3.63, 3.8) is 0 Å². The average Bonchev–Trinajstić information content (AvgIpc) is 2.00. The molecule has 1 rings (SSSR count). The van der Waals surface area contributed by atoms with Gasteiger partial charge in [0, 0.05) is 0 Å². The van der Waals surface area contributed by atoms with Crippen LogP contribution in [0.5, 0.6) is 0 Å². The van der Waals surface area contributed by atoms with E-state index in [0.29, 0.717) is 0 Å². The quantitative estimate of drug-likeness (QED) is 0.628. The summed E-state index contributed by atoms with van der Waals surface area (Å²) in [5.41, 5.74) is 3.86. The highest BCUT2D eigenvalue weighted by Crippen LogP contribution is 2.17. The van der Waals surface area contributed by atoms with E-state index in [0.717, 1.165) is 12.1 Å².